The number of rotatable bonds is 0. The van der Waals surface area contributed by atoms with Crippen LogP contribution in [0.15, 0.2) is 24.3 Å². The number of nitrogens with zero attached hydrogens (tertiary/aromatic N) is 1. The van der Waals surface area contributed by atoms with Crippen LogP contribution >= 0.6 is 0 Å². The molecule has 21 heavy (non-hydrogen) atoms. The maximum absolute atomic E-state index is 3.81. The normalized spacial score (nSPS) is 32.5. The quantitative estimate of drug-likeness (QED) is 0.763. The van der Waals surface area contributed by atoms with Crippen LogP contribution in [0.1, 0.15) is 49.4 Å². The van der Waals surface area contributed by atoms with E-state index in [1.807, 2.05) is 0 Å². The SMILES string of the molecule is c1ccc2c3c([nH]c2c1)[C@@H]1[C@@H]2CCCC[C@@H]2CCN1CC3. The molecule has 3 atom stereocenters. The Balaban J connectivity index is 1.65. The third-order valence-corrected chi connectivity index (χ3v) is 6.35. The summed E-state index contributed by atoms with van der Waals surface area (Å²) < 4.78 is 0. The minimum atomic E-state index is 0.681. The lowest BCUT2D eigenvalue weighted by molar-refractivity contribution is 0.0146. The molecular formula is C19H24N2. The molecular weight excluding hydrogens is 256 g/mol. The van der Waals surface area contributed by atoms with Crippen molar-refractivity contribution in [3.05, 3.63) is 35.5 Å². The van der Waals surface area contributed by atoms with Crippen molar-refractivity contribution < 1.29 is 0 Å². The lowest BCUT2D eigenvalue weighted by Gasteiger charge is -2.49. The second-order valence-corrected chi connectivity index (χ2v) is 7.29. The van der Waals surface area contributed by atoms with E-state index in [1.165, 1.54) is 62.5 Å². The van der Waals surface area contributed by atoms with Gasteiger partial charge in [0.15, 0.2) is 0 Å². The van der Waals surface area contributed by atoms with Gasteiger partial charge in [0.1, 0.15) is 0 Å². The molecule has 3 heterocycles. The number of para-hydroxylation sites is 1. The van der Waals surface area contributed by atoms with Crippen LogP contribution < -0.4 is 0 Å². The molecule has 110 valence electrons. The second-order valence-electron chi connectivity index (χ2n) is 7.29. The topological polar surface area (TPSA) is 19.0 Å². The van der Waals surface area contributed by atoms with Gasteiger partial charge in [0.05, 0.1) is 6.04 Å². The van der Waals surface area contributed by atoms with E-state index < -0.39 is 0 Å². The molecule has 1 saturated heterocycles. The highest BCUT2D eigenvalue weighted by Crippen LogP contribution is 2.49. The van der Waals surface area contributed by atoms with Crippen molar-refractivity contribution in [2.75, 3.05) is 13.1 Å². The molecule has 0 unspecified atom stereocenters. The summed E-state index contributed by atoms with van der Waals surface area (Å²) in [4.78, 5) is 6.59. The molecule has 1 aromatic carbocycles. The predicted molar refractivity (Wildman–Crippen MR) is 86.4 cm³/mol. The maximum atomic E-state index is 3.81. The summed E-state index contributed by atoms with van der Waals surface area (Å²) in [6.07, 6.45) is 8.50. The Bertz CT molecular complexity index is 671. The zero-order valence-corrected chi connectivity index (χ0v) is 12.6. The van der Waals surface area contributed by atoms with Gasteiger partial charge in [-0.15, -0.1) is 0 Å². The largest absolute Gasteiger partial charge is 0.357 e. The Morgan fingerprint density at radius 2 is 1.90 bits per heavy atom. The van der Waals surface area contributed by atoms with Crippen molar-refractivity contribution in [1.29, 1.82) is 0 Å². The van der Waals surface area contributed by atoms with Crippen LogP contribution in [0.2, 0.25) is 0 Å². The lowest BCUT2D eigenvalue weighted by Crippen LogP contribution is -2.47. The van der Waals surface area contributed by atoms with Gasteiger partial charge in [0, 0.05) is 23.1 Å². The minimum Gasteiger partial charge on any atom is -0.357 e. The molecule has 1 aliphatic carbocycles. The number of piperidine rings is 1. The molecule has 3 aliphatic rings. The smallest absolute Gasteiger partial charge is 0.0532 e. The molecule has 0 amide bonds. The van der Waals surface area contributed by atoms with Gasteiger partial charge in [-0.2, -0.15) is 0 Å². The highest BCUT2D eigenvalue weighted by Gasteiger charge is 2.43. The summed E-state index contributed by atoms with van der Waals surface area (Å²) in [5.74, 6) is 1.89. The number of benzene rings is 1. The Morgan fingerprint density at radius 3 is 2.90 bits per heavy atom. The summed E-state index contributed by atoms with van der Waals surface area (Å²) >= 11 is 0. The third-order valence-electron chi connectivity index (χ3n) is 6.35. The van der Waals surface area contributed by atoms with E-state index in [0.29, 0.717) is 6.04 Å². The monoisotopic (exact) mass is 280 g/mol. The van der Waals surface area contributed by atoms with Crippen molar-refractivity contribution in [2.45, 2.75) is 44.6 Å². The third kappa shape index (κ3) is 1.75. The van der Waals surface area contributed by atoms with Crippen molar-refractivity contribution in [1.82, 2.24) is 9.88 Å². The maximum Gasteiger partial charge on any atom is 0.0532 e. The van der Waals surface area contributed by atoms with E-state index in [-0.39, 0.29) is 0 Å². The molecule has 0 radical (unpaired) electrons. The summed E-state index contributed by atoms with van der Waals surface area (Å²) in [5, 5.41) is 1.48. The Kier molecular flexibility index (Phi) is 2.69. The summed E-state index contributed by atoms with van der Waals surface area (Å²) in [6.45, 7) is 2.59. The molecule has 2 fully saturated rings. The fraction of sp³-hybridized carbons (Fsp3) is 0.579. The Labute approximate surface area is 126 Å². The summed E-state index contributed by atoms with van der Waals surface area (Å²) in [6, 6.07) is 9.58. The number of nitrogens with one attached hydrogen (secondary N) is 1. The molecule has 0 bridgehead atoms. The first-order valence-electron chi connectivity index (χ1n) is 8.75. The van der Waals surface area contributed by atoms with Crippen LogP contribution in [0, 0.1) is 11.8 Å². The standard InChI is InChI=1S/C19H24N2/c1-2-6-14-13(5-1)9-11-21-12-10-16-15-7-3-4-8-17(15)20-18(16)19(14)21/h3-4,7-8,13-14,19-20H,1-2,5-6,9-12H2/t13-,14-,19+/m1/s1. The summed E-state index contributed by atoms with van der Waals surface area (Å²) in [5.41, 5.74) is 4.54. The molecule has 2 aliphatic heterocycles. The van der Waals surface area contributed by atoms with Gasteiger partial charge in [-0.05, 0) is 49.3 Å². The highest BCUT2D eigenvalue weighted by atomic mass is 15.2. The van der Waals surface area contributed by atoms with E-state index in [2.05, 4.69) is 34.1 Å². The molecule has 1 saturated carbocycles. The number of hydrogen-bond donors (Lipinski definition) is 1. The van der Waals surface area contributed by atoms with Crippen LogP contribution in [0.3, 0.4) is 0 Å². The summed E-state index contributed by atoms with van der Waals surface area (Å²) in [7, 11) is 0. The van der Waals surface area contributed by atoms with Crippen molar-refractivity contribution in [3.8, 4) is 0 Å². The van der Waals surface area contributed by atoms with E-state index >= 15 is 0 Å². The van der Waals surface area contributed by atoms with Crippen molar-refractivity contribution >= 4 is 10.9 Å². The van der Waals surface area contributed by atoms with Crippen molar-refractivity contribution in [3.63, 3.8) is 0 Å². The van der Waals surface area contributed by atoms with Gasteiger partial charge in [-0.3, -0.25) is 4.90 Å². The molecule has 2 heteroatoms. The molecule has 0 spiro atoms. The molecule has 2 nitrogen and oxygen atoms in total. The molecule has 5 rings (SSSR count). The van der Waals surface area contributed by atoms with E-state index in [0.717, 1.165) is 11.8 Å². The second kappa shape index (κ2) is 4.61. The zero-order valence-electron chi connectivity index (χ0n) is 12.6. The molecule has 1 aromatic heterocycles. The van der Waals surface area contributed by atoms with Gasteiger partial charge in [-0.1, -0.05) is 37.5 Å². The number of H-pyrrole nitrogens is 1. The number of aromatic nitrogens is 1. The Hall–Kier alpha value is -1.28. The van der Waals surface area contributed by atoms with Crippen LogP contribution in [0.25, 0.3) is 10.9 Å². The molecule has 2 aromatic rings. The van der Waals surface area contributed by atoms with Crippen LogP contribution in [0.4, 0.5) is 0 Å². The first-order chi connectivity index (χ1) is 10.4. The average molecular weight is 280 g/mol. The first kappa shape index (κ1) is 12.3. The van der Waals surface area contributed by atoms with Gasteiger partial charge in [0.2, 0.25) is 0 Å². The average Bonchev–Trinajstić information content (AvgIpc) is 2.93. The molecule has 1 N–H and O–H groups in total. The number of hydrogen-bond acceptors (Lipinski definition) is 1. The number of aromatic amines is 1. The van der Waals surface area contributed by atoms with Crippen molar-refractivity contribution in [2.24, 2.45) is 11.8 Å². The van der Waals surface area contributed by atoms with Crippen LogP contribution in [0.5, 0.6) is 0 Å². The van der Waals surface area contributed by atoms with Gasteiger partial charge in [0.25, 0.3) is 0 Å². The lowest BCUT2D eigenvalue weighted by atomic mass is 9.69. The van der Waals surface area contributed by atoms with Crippen LogP contribution in [-0.4, -0.2) is 23.0 Å². The fourth-order valence-electron chi connectivity index (χ4n) is 5.40. The van der Waals surface area contributed by atoms with E-state index in [4.69, 9.17) is 0 Å². The minimum absolute atomic E-state index is 0.681. The van der Waals surface area contributed by atoms with Gasteiger partial charge in [-0.25, -0.2) is 0 Å². The van der Waals surface area contributed by atoms with E-state index in [1.54, 1.807) is 11.3 Å². The fourth-order valence-corrected chi connectivity index (χ4v) is 5.40. The Morgan fingerprint density at radius 1 is 1.00 bits per heavy atom. The van der Waals surface area contributed by atoms with Gasteiger partial charge >= 0.3 is 0 Å². The van der Waals surface area contributed by atoms with E-state index in [9.17, 15) is 0 Å². The van der Waals surface area contributed by atoms with Crippen LogP contribution in [-0.2, 0) is 6.42 Å². The van der Waals surface area contributed by atoms with Gasteiger partial charge < -0.3 is 4.98 Å². The number of fused-ring (bicyclic) bond motifs is 7. The highest BCUT2D eigenvalue weighted by molar-refractivity contribution is 5.85. The predicted octanol–water partition coefficient (Wildman–Crippen LogP) is 4.28. The zero-order chi connectivity index (χ0) is 13.8. The first-order valence-corrected chi connectivity index (χ1v) is 8.75.